The van der Waals surface area contributed by atoms with Crippen molar-refractivity contribution < 1.29 is 37.3 Å². The molecule has 0 aromatic rings. The molecule has 0 aromatic carbocycles. The number of carbonyl (C=O) groups excluding carboxylic acids is 2. The maximum absolute atomic E-state index is 13.6. The molecule has 0 heterocycles. The number of carbonyl (C=O) groups is 2. The lowest BCUT2D eigenvalue weighted by atomic mass is 10.0. The standard InChI is InChI=1S/C71H137N2O7P/c1-7-10-13-16-19-22-25-28-30-32-34-35-36-37-39-40-42-45-48-51-54-57-60-63-70(74)72-68(67-79-81(76,77)78-66-65-73(4,5)6)69(62-59-56-53-50-47-44-27-24-21-18-15-12-9-3)80-71(75)64-61-58-55-52-49-46-43-41-38-33-31-29-26-23-20-17-14-11-8-2/h20,23,29,31,59,62,68-69H,7-19,21-22,24-28,30,32-58,60-61,63-67H2,1-6H3,(H-,72,74,76,77)/p+1/b23-20-,31-29-,62-59+. The maximum Gasteiger partial charge on any atom is 0.472 e. The number of likely N-dealkylation sites (N-methyl/N-ethyl adjacent to an activating group) is 1. The molecule has 3 atom stereocenters. The fourth-order valence-corrected chi connectivity index (χ4v) is 11.4. The van der Waals surface area contributed by atoms with Crippen LogP contribution < -0.4 is 5.32 Å². The van der Waals surface area contributed by atoms with E-state index < -0.39 is 20.0 Å². The molecule has 0 saturated carbocycles. The highest BCUT2D eigenvalue weighted by Gasteiger charge is 2.30. The van der Waals surface area contributed by atoms with E-state index in [4.69, 9.17) is 13.8 Å². The predicted molar refractivity (Wildman–Crippen MR) is 351 cm³/mol. The van der Waals surface area contributed by atoms with Crippen molar-refractivity contribution in [2.24, 2.45) is 0 Å². The number of nitrogens with zero attached hydrogens (tertiary/aromatic N) is 1. The zero-order valence-electron chi connectivity index (χ0n) is 54.8. The van der Waals surface area contributed by atoms with Gasteiger partial charge in [-0.25, -0.2) is 4.57 Å². The van der Waals surface area contributed by atoms with Crippen molar-refractivity contribution in [2.45, 2.75) is 367 Å². The van der Waals surface area contributed by atoms with Crippen LogP contribution in [0, 0.1) is 0 Å². The van der Waals surface area contributed by atoms with E-state index in [-0.39, 0.29) is 25.1 Å². The summed E-state index contributed by atoms with van der Waals surface area (Å²) >= 11 is 0. The molecular weight excluding hydrogens is 1020 g/mol. The normalized spacial score (nSPS) is 13.7. The molecule has 0 aromatic heterocycles. The smallest absolute Gasteiger partial charge is 0.456 e. The van der Waals surface area contributed by atoms with Crippen LogP contribution in [-0.4, -0.2) is 74.3 Å². The fraction of sp³-hybridized carbons (Fsp3) is 0.887. The molecule has 478 valence electrons. The minimum absolute atomic E-state index is 0.0424. The molecule has 0 bridgehead atoms. The molecule has 0 fully saturated rings. The van der Waals surface area contributed by atoms with E-state index in [0.717, 1.165) is 64.2 Å². The van der Waals surface area contributed by atoms with Gasteiger partial charge in [-0.15, -0.1) is 0 Å². The Labute approximate surface area is 504 Å². The average molecular weight is 1160 g/mol. The third-order valence-electron chi connectivity index (χ3n) is 16.1. The van der Waals surface area contributed by atoms with Gasteiger partial charge in [-0.1, -0.05) is 314 Å². The highest BCUT2D eigenvalue weighted by Crippen LogP contribution is 2.43. The zero-order chi connectivity index (χ0) is 59.3. The van der Waals surface area contributed by atoms with E-state index in [0.29, 0.717) is 23.9 Å². The molecule has 0 saturated heterocycles. The number of ether oxygens (including phenoxy) is 1. The predicted octanol–water partition coefficient (Wildman–Crippen LogP) is 22.2. The lowest BCUT2D eigenvalue weighted by Gasteiger charge is -2.27. The van der Waals surface area contributed by atoms with E-state index in [2.05, 4.69) is 50.4 Å². The van der Waals surface area contributed by atoms with Crippen LogP contribution >= 0.6 is 7.82 Å². The number of hydrogen-bond acceptors (Lipinski definition) is 6. The maximum atomic E-state index is 13.6. The summed E-state index contributed by atoms with van der Waals surface area (Å²) in [4.78, 5) is 37.9. The van der Waals surface area contributed by atoms with Crippen LogP contribution in [0.4, 0.5) is 0 Å². The van der Waals surface area contributed by atoms with Crippen LogP contribution in [0.2, 0.25) is 0 Å². The molecule has 2 N–H and O–H groups in total. The molecule has 0 aliphatic heterocycles. The van der Waals surface area contributed by atoms with E-state index >= 15 is 0 Å². The Bertz CT molecular complexity index is 1480. The summed E-state index contributed by atoms with van der Waals surface area (Å²) in [5.41, 5.74) is 0. The Balaban J connectivity index is 5.10. The topological polar surface area (TPSA) is 111 Å². The lowest BCUT2D eigenvalue weighted by Crippen LogP contribution is -2.47. The molecule has 3 unspecified atom stereocenters. The number of hydrogen-bond donors (Lipinski definition) is 2. The number of nitrogens with one attached hydrogen (secondary N) is 1. The quantitative estimate of drug-likeness (QED) is 0.0205. The summed E-state index contributed by atoms with van der Waals surface area (Å²) in [5.74, 6) is -0.490. The Morgan fingerprint density at radius 3 is 1.14 bits per heavy atom. The Morgan fingerprint density at radius 2 is 0.753 bits per heavy atom. The average Bonchev–Trinajstić information content (AvgIpc) is 3.44. The van der Waals surface area contributed by atoms with Gasteiger partial charge >= 0.3 is 13.8 Å². The molecule has 0 spiro atoms. The van der Waals surface area contributed by atoms with Gasteiger partial charge in [0.05, 0.1) is 33.8 Å². The van der Waals surface area contributed by atoms with Gasteiger partial charge in [0.15, 0.2) is 0 Å². The van der Waals surface area contributed by atoms with Gasteiger partial charge in [-0.05, 0) is 63.9 Å². The van der Waals surface area contributed by atoms with Crippen molar-refractivity contribution in [3.63, 3.8) is 0 Å². The van der Waals surface area contributed by atoms with Crippen LogP contribution in [0.3, 0.4) is 0 Å². The molecule has 0 aliphatic carbocycles. The minimum Gasteiger partial charge on any atom is -0.456 e. The first-order valence-electron chi connectivity index (χ1n) is 35.3. The number of allylic oxidation sites excluding steroid dienone is 5. The van der Waals surface area contributed by atoms with Crippen LogP contribution in [0.1, 0.15) is 355 Å². The van der Waals surface area contributed by atoms with Gasteiger partial charge in [0.1, 0.15) is 19.3 Å². The second-order valence-electron chi connectivity index (χ2n) is 25.4. The summed E-state index contributed by atoms with van der Waals surface area (Å²) in [7, 11) is 1.51. The van der Waals surface area contributed by atoms with Crippen LogP contribution in [0.15, 0.2) is 36.5 Å². The fourth-order valence-electron chi connectivity index (χ4n) is 10.6. The van der Waals surface area contributed by atoms with Crippen LogP contribution in [0.5, 0.6) is 0 Å². The van der Waals surface area contributed by atoms with Gasteiger partial charge < -0.3 is 19.4 Å². The Hall–Kier alpha value is -1.77. The van der Waals surface area contributed by atoms with Gasteiger partial charge in [-0.2, -0.15) is 0 Å². The highest BCUT2D eigenvalue weighted by molar-refractivity contribution is 7.47. The highest BCUT2D eigenvalue weighted by atomic mass is 31.2. The van der Waals surface area contributed by atoms with E-state index in [1.54, 1.807) is 0 Å². The van der Waals surface area contributed by atoms with Crippen molar-refractivity contribution >= 4 is 19.7 Å². The monoisotopic (exact) mass is 1160 g/mol. The van der Waals surface area contributed by atoms with Crippen molar-refractivity contribution in [2.75, 3.05) is 40.9 Å². The molecule has 1 amide bonds. The van der Waals surface area contributed by atoms with Crippen LogP contribution in [-0.2, 0) is 27.9 Å². The third kappa shape index (κ3) is 62.6. The molecule has 0 radical (unpaired) electrons. The summed E-state index contributed by atoms with van der Waals surface area (Å²) in [6.45, 7) is 7.05. The summed E-state index contributed by atoms with van der Waals surface area (Å²) in [6, 6.07) is -0.847. The Morgan fingerprint density at radius 1 is 0.432 bits per heavy atom. The molecule has 0 aliphatic rings. The number of unbranched alkanes of at least 4 members (excludes halogenated alkanes) is 45. The van der Waals surface area contributed by atoms with Crippen molar-refractivity contribution in [3.05, 3.63) is 36.5 Å². The lowest BCUT2D eigenvalue weighted by molar-refractivity contribution is -0.870. The van der Waals surface area contributed by atoms with Gasteiger partial charge in [-0.3, -0.25) is 18.6 Å². The molecular formula is C71H138N2O7P+. The first kappa shape index (κ1) is 79.2. The second kappa shape index (κ2) is 61.3. The van der Waals surface area contributed by atoms with Gasteiger partial charge in [0.25, 0.3) is 0 Å². The van der Waals surface area contributed by atoms with Gasteiger partial charge in [0, 0.05) is 12.8 Å². The number of esters is 1. The zero-order valence-corrected chi connectivity index (χ0v) is 55.7. The number of rotatable bonds is 65. The first-order valence-corrected chi connectivity index (χ1v) is 36.8. The second-order valence-corrected chi connectivity index (χ2v) is 26.9. The summed E-state index contributed by atoms with van der Waals surface area (Å²) in [5, 5.41) is 3.08. The van der Waals surface area contributed by atoms with E-state index in [9.17, 15) is 19.0 Å². The molecule has 81 heavy (non-hydrogen) atoms. The molecule has 0 rings (SSSR count). The SMILES string of the molecule is CCCCC/C=C\C/C=C\CCCCCCCCCCCC(=O)OC(/C=C/CCCCCCCCCCCCC)C(COP(=O)(O)OCC[N+](C)(C)C)NC(=O)CCCCCCCCCCCCCCCCCCCCCCCCC. The first-order chi connectivity index (χ1) is 39.4. The Kier molecular flexibility index (Phi) is 60.0. The number of quaternary nitrogens is 1. The van der Waals surface area contributed by atoms with Gasteiger partial charge in [0.2, 0.25) is 5.91 Å². The van der Waals surface area contributed by atoms with Crippen molar-refractivity contribution in [1.29, 1.82) is 0 Å². The number of phosphoric acid groups is 1. The third-order valence-corrected chi connectivity index (χ3v) is 17.1. The largest absolute Gasteiger partial charge is 0.472 e. The van der Waals surface area contributed by atoms with Crippen molar-refractivity contribution in [3.8, 4) is 0 Å². The number of phosphoric ester groups is 1. The summed E-state index contributed by atoms with van der Waals surface area (Å²) in [6.07, 6.45) is 75.8. The molecule has 10 heteroatoms. The number of amides is 1. The molecule has 9 nitrogen and oxygen atoms in total. The van der Waals surface area contributed by atoms with Crippen LogP contribution in [0.25, 0.3) is 0 Å². The summed E-state index contributed by atoms with van der Waals surface area (Å²) < 4.78 is 30.8. The minimum atomic E-state index is -4.45. The van der Waals surface area contributed by atoms with E-state index in [1.807, 2.05) is 33.3 Å². The van der Waals surface area contributed by atoms with E-state index in [1.165, 1.54) is 257 Å². The van der Waals surface area contributed by atoms with Crippen molar-refractivity contribution in [1.82, 2.24) is 5.32 Å².